The van der Waals surface area contributed by atoms with Gasteiger partial charge in [0.1, 0.15) is 11.5 Å². The Labute approximate surface area is 170 Å². The predicted octanol–water partition coefficient (Wildman–Crippen LogP) is 8.45. The predicted molar refractivity (Wildman–Crippen MR) is 112 cm³/mol. The quantitative estimate of drug-likeness (QED) is 0.346. The summed E-state index contributed by atoms with van der Waals surface area (Å²) in [5.74, 6) is 1.57. The van der Waals surface area contributed by atoms with E-state index in [9.17, 15) is 13.2 Å². The first-order valence-corrected chi connectivity index (χ1v) is 10.3. The molecule has 2 aromatic carbocycles. The Hall–Kier alpha value is -2.49. The molecule has 0 radical (unpaired) electrons. The third kappa shape index (κ3) is 5.11. The maximum atomic E-state index is 12.9. The third-order valence-electron chi connectivity index (χ3n) is 5.26. The van der Waals surface area contributed by atoms with Gasteiger partial charge in [0.25, 0.3) is 0 Å². The van der Waals surface area contributed by atoms with Crippen molar-refractivity contribution in [3.63, 3.8) is 0 Å². The van der Waals surface area contributed by atoms with Gasteiger partial charge in [0.2, 0.25) is 0 Å². The Morgan fingerprint density at radius 1 is 0.793 bits per heavy atom. The Bertz CT molecular complexity index is 906. The second-order valence-corrected chi connectivity index (χ2v) is 7.46. The summed E-state index contributed by atoms with van der Waals surface area (Å²) in [7, 11) is 0. The molecule has 0 unspecified atom stereocenters. The fourth-order valence-electron chi connectivity index (χ4n) is 3.71. The number of furan rings is 1. The van der Waals surface area contributed by atoms with E-state index >= 15 is 0 Å². The zero-order valence-electron chi connectivity index (χ0n) is 17.0. The molecule has 0 bridgehead atoms. The van der Waals surface area contributed by atoms with Crippen molar-refractivity contribution in [1.82, 2.24) is 0 Å². The molecular formula is C25H27F3O. The molecule has 4 heteroatoms. The van der Waals surface area contributed by atoms with E-state index < -0.39 is 11.7 Å². The minimum Gasteiger partial charge on any atom is -0.460 e. The minimum absolute atomic E-state index is 0.648. The molecule has 0 saturated carbocycles. The summed E-state index contributed by atoms with van der Waals surface area (Å²) in [6.45, 7) is 4.18. The lowest BCUT2D eigenvalue weighted by Crippen LogP contribution is -2.03. The molecule has 3 rings (SSSR count). The summed E-state index contributed by atoms with van der Waals surface area (Å²) in [6, 6.07) is 15.3. The lowest BCUT2D eigenvalue weighted by Gasteiger charge is -2.07. The average molecular weight is 400 g/mol. The molecule has 0 fully saturated rings. The highest BCUT2D eigenvalue weighted by atomic mass is 19.4. The van der Waals surface area contributed by atoms with E-state index in [1.807, 2.05) is 25.1 Å². The van der Waals surface area contributed by atoms with E-state index in [0.29, 0.717) is 11.3 Å². The van der Waals surface area contributed by atoms with Crippen molar-refractivity contribution in [3.8, 4) is 22.5 Å². The minimum atomic E-state index is -4.34. The van der Waals surface area contributed by atoms with Gasteiger partial charge in [-0.3, -0.25) is 0 Å². The maximum Gasteiger partial charge on any atom is 0.416 e. The highest BCUT2D eigenvalue weighted by molar-refractivity contribution is 5.77. The highest BCUT2D eigenvalue weighted by Gasteiger charge is 2.30. The molecular weight excluding hydrogens is 373 g/mol. The molecule has 154 valence electrons. The largest absolute Gasteiger partial charge is 0.460 e. The summed E-state index contributed by atoms with van der Waals surface area (Å²) < 4.78 is 44.9. The average Bonchev–Trinajstić information content (AvgIpc) is 3.04. The lowest BCUT2D eigenvalue weighted by atomic mass is 9.97. The van der Waals surface area contributed by atoms with Gasteiger partial charge < -0.3 is 4.42 Å². The zero-order valence-corrected chi connectivity index (χ0v) is 17.0. The van der Waals surface area contributed by atoms with Crippen LogP contribution in [0.3, 0.4) is 0 Å². The molecule has 0 N–H and O–H groups in total. The number of unbranched alkanes of at least 4 members (excludes halogenated alkanes) is 4. The number of halogens is 3. The maximum absolute atomic E-state index is 12.9. The first-order chi connectivity index (χ1) is 13.9. The SMILES string of the molecule is CCCCCCCc1oc(-c2ccc(C(F)(F)F)cc2)c(C)c1-c1ccccc1. The second kappa shape index (κ2) is 9.34. The molecule has 29 heavy (non-hydrogen) atoms. The first-order valence-electron chi connectivity index (χ1n) is 10.3. The Kier molecular flexibility index (Phi) is 6.83. The van der Waals surface area contributed by atoms with Crippen molar-refractivity contribution in [1.29, 1.82) is 0 Å². The van der Waals surface area contributed by atoms with Gasteiger partial charge in [-0.05, 0) is 31.0 Å². The standard InChI is InChI=1S/C25H27F3O/c1-3-4-5-6-10-13-22-23(19-11-8-7-9-12-19)18(2)24(29-22)20-14-16-21(17-15-20)25(26,27)28/h7-9,11-12,14-17H,3-6,10,13H2,1-2H3. The number of hydrogen-bond acceptors (Lipinski definition) is 1. The fraction of sp³-hybridized carbons (Fsp3) is 0.360. The van der Waals surface area contributed by atoms with Crippen LogP contribution in [-0.4, -0.2) is 0 Å². The molecule has 1 aromatic heterocycles. The van der Waals surface area contributed by atoms with Crippen LogP contribution in [0.2, 0.25) is 0 Å². The third-order valence-corrected chi connectivity index (χ3v) is 5.26. The van der Waals surface area contributed by atoms with Crippen LogP contribution in [0.1, 0.15) is 55.9 Å². The number of hydrogen-bond donors (Lipinski definition) is 0. The molecule has 0 saturated heterocycles. The van der Waals surface area contributed by atoms with Crippen LogP contribution in [0, 0.1) is 6.92 Å². The summed E-state index contributed by atoms with van der Waals surface area (Å²) in [4.78, 5) is 0. The van der Waals surface area contributed by atoms with Gasteiger partial charge in [-0.25, -0.2) is 0 Å². The van der Waals surface area contributed by atoms with Gasteiger partial charge in [-0.15, -0.1) is 0 Å². The van der Waals surface area contributed by atoms with Crippen molar-refractivity contribution in [2.75, 3.05) is 0 Å². The van der Waals surface area contributed by atoms with Crippen molar-refractivity contribution in [2.24, 2.45) is 0 Å². The molecule has 3 aromatic rings. The van der Waals surface area contributed by atoms with Crippen LogP contribution in [0.4, 0.5) is 13.2 Å². The van der Waals surface area contributed by atoms with E-state index in [2.05, 4.69) is 19.1 Å². The van der Waals surface area contributed by atoms with Gasteiger partial charge in [-0.2, -0.15) is 13.2 Å². The Morgan fingerprint density at radius 2 is 1.45 bits per heavy atom. The van der Waals surface area contributed by atoms with Crippen LogP contribution in [0.25, 0.3) is 22.5 Å². The summed E-state index contributed by atoms with van der Waals surface area (Å²) >= 11 is 0. The zero-order chi connectivity index (χ0) is 20.9. The van der Waals surface area contributed by atoms with Gasteiger partial charge in [0.15, 0.2) is 0 Å². The summed E-state index contributed by atoms with van der Waals surface area (Å²) in [5, 5.41) is 0. The number of aryl methyl sites for hydroxylation is 1. The van der Waals surface area contributed by atoms with E-state index in [1.54, 1.807) is 0 Å². The molecule has 0 atom stereocenters. The smallest absolute Gasteiger partial charge is 0.416 e. The normalized spacial score (nSPS) is 11.8. The molecule has 0 aliphatic carbocycles. The van der Waals surface area contributed by atoms with Gasteiger partial charge in [0, 0.05) is 23.1 Å². The number of rotatable bonds is 8. The van der Waals surface area contributed by atoms with E-state index in [1.165, 1.54) is 31.4 Å². The van der Waals surface area contributed by atoms with E-state index in [0.717, 1.165) is 53.8 Å². The number of alkyl halides is 3. The molecule has 0 aliphatic rings. The molecule has 0 spiro atoms. The van der Waals surface area contributed by atoms with Crippen LogP contribution in [0.15, 0.2) is 59.0 Å². The van der Waals surface area contributed by atoms with Crippen LogP contribution >= 0.6 is 0 Å². The summed E-state index contributed by atoms with van der Waals surface area (Å²) in [6.07, 6.45) is 2.33. The summed E-state index contributed by atoms with van der Waals surface area (Å²) in [5.41, 5.74) is 3.14. The monoisotopic (exact) mass is 400 g/mol. The van der Waals surface area contributed by atoms with Gasteiger partial charge >= 0.3 is 6.18 Å². The van der Waals surface area contributed by atoms with Crippen LogP contribution < -0.4 is 0 Å². The number of benzene rings is 2. The van der Waals surface area contributed by atoms with Crippen molar-refractivity contribution >= 4 is 0 Å². The van der Waals surface area contributed by atoms with E-state index in [-0.39, 0.29) is 0 Å². The van der Waals surface area contributed by atoms with Crippen LogP contribution in [-0.2, 0) is 12.6 Å². The molecule has 1 heterocycles. The Morgan fingerprint density at radius 3 is 2.07 bits per heavy atom. The second-order valence-electron chi connectivity index (χ2n) is 7.46. The van der Waals surface area contributed by atoms with Gasteiger partial charge in [0.05, 0.1) is 5.56 Å². The van der Waals surface area contributed by atoms with Crippen molar-refractivity contribution < 1.29 is 17.6 Å². The molecule has 0 amide bonds. The van der Waals surface area contributed by atoms with E-state index in [4.69, 9.17) is 4.42 Å². The highest BCUT2D eigenvalue weighted by Crippen LogP contribution is 2.39. The Balaban J connectivity index is 1.94. The lowest BCUT2D eigenvalue weighted by molar-refractivity contribution is -0.137. The van der Waals surface area contributed by atoms with Crippen molar-refractivity contribution in [3.05, 3.63) is 71.5 Å². The molecule has 0 aliphatic heterocycles. The topological polar surface area (TPSA) is 13.1 Å². The molecule has 1 nitrogen and oxygen atoms in total. The first kappa shape index (κ1) is 21.2. The van der Waals surface area contributed by atoms with Crippen LogP contribution in [0.5, 0.6) is 0 Å². The fourth-order valence-corrected chi connectivity index (χ4v) is 3.71. The van der Waals surface area contributed by atoms with Crippen molar-refractivity contribution in [2.45, 2.75) is 58.5 Å². The van der Waals surface area contributed by atoms with Gasteiger partial charge in [-0.1, -0.05) is 75.1 Å².